The van der Waals surface area contributed by atoms with Gasteiger partial charge in [0, 0.05) is 0 Å². The Hall–Kier alpha value is -2.17. The lowest BCUT2D eigenvalue weighted by molar-refractivity contribution is -0.168. The van der Waals surface area contributed by atoms with Gasteiger partial charge in [0.2, 0.25) is 0 Å². The smallest absolute Gasteiger partial charge is 0.309 e. The summed E-state index contributed by atoms with van der Waals surface area (Å²) < 4.78 is 11.2. The van der Waals surface area contributed by atoms with E-state index in [4.69, 9.17) is 9.47 Å². The van der Waals surface area contributed by atoms with Gasteiger partial charge in [-0.15, -0.1) is 0 Å². The van der Waals surface area contributed by atoms with E-state index < -0.39 is 17.7 Å². The van der Waals surface area contributed by atoms with Crippen LogP contribution in [0, 0.1) is 0 Å². The SMILES string of the molecule is CCOC(=O)C[C@@](O)(c1ccccc1)[C@H](OC(C)C)c1ccccc1. The Labute approximate surface area is 149 Å². The van der Waals surface area contributed by atoms with Crippen molar-refractivity contribution in [2.24, 2.45) is 0 Å². The minimum atomic E-state index is -1.53. The lowest BCUT2D eigenvalue weighted by Gasteiger charge is -2.37. The number of rotatable bonds is 8. The van der Waals surface area contributed by atoms with E-state index in [1.54, 1.807) is 19.1 Å². The van der Waals surface area contributed by atoms with Crippen molar-refractivity contribution in [2.75, 3.05) is 6.61 Å². The fraction of sp³-hybridized carbons (Fsp3) is 0.381. The second kappa shape index (κ2) is 8.79. The van der Waals surface area contributed by atoms with Gasteiger partial charge in [0.25, 0.3) is 0 Å². The Morgan fingerprint density at radius 3 is 2.12 bits per heavy atom. The maximum absolute atomic E-state index is 12.2. The first-order valence-corrected chi connectivity index (χ1v) is 8.61. The summed E-state index contributed by atoms with van der Waals surface area (Å²) in [6, 6.07) is 18.6. The van der Waals surface area contributed by atoms with E-state index in [1.165, 1.54) is 0 Å². The predicted molar refractivity (Wildman–Crippen MR) is 97.0 cm³/mol. The monoisotopic (exact) mass is 342 g/mol. The van der Waals surface area contributed by atoms with E-state index >= 15 is 0 Å². The second-order valence-corrected chi connectivity index (χ2v) is 6.25. The molecule has 0 heterocycles. The number of esters is 1. The molecule has 1 N–H and O–H groups in total. The molecule has 4 heteroatoms. The van der Waals surface area contributed by atoms with Crippen LogP contribution in [0.3, 0.4) is 0 Å². The van der Waals surface area contributed by atoms with Crippen LogP contribution in [0.1, 0.15) is 44.4 Å². The van der Waals surface area contributed by atoms with E-state index in [9.17, 15) is 9.90 Å². The molecule has 134 valence electrons. The molecule has 4 nitrogen and oxygen atoms in total. The number of hydrogen-bond acceptors (Lipinski definition) is 4. The number of carbonyl (C=O) groups excluding carboxylic acids is 1. The largest absolute Gasteiger partial charge is 0.466 e. The Morgan fingerprint density at radius 1 is 1.04 bits per heavy atom. The second-order valence-electron chi connectivity index (χ2n) is 6.25. The summed E-state index contributed by atoms with van der Waals surface area (Å²) in [5, 5.41) is 11.6. The van der Waals surface area contributed by atoms with Crippen LogP contribution in [0.2, 0.25) is 0 Å². The van der Waals surface area contributed by atoms with Gasteiger partial charge >= 0.3 is 5.97 Å². The third-order valence-corrected chi connectivity index (χ3v) is 3.94. The van der Waals surface area contributed by atoms with E-state index in [2.05, 4.69) is 0 Å². The third-order valence-electron chi connectivity index (χ3n) is 3.94. The normalized spacial score (nSPS) is 14.8. The van der Waals surface area contributed by atoms with Gasteiger partial charge in [-0.2, -0.15) is 0 Å². The fourth-order valence-electron chi connectivity index (χ4n) is 2.87. The van der Waals surface area contributed by atoms with Gasteiger partial charge in [0.1, 0.15) is 11.7 Å². The highest BCUT2D eigenvalue weighted by atomic mass is 16.5. The van der Waals surface area contributed by atoms with Crippen LogP contribution in [0.4, 0.5) is 0 Å². The minimum Gasteiger partial charge on any atom is -0.466 e. The summed E-state index contributed by atoms with van der Waals surface area (Å²) in [5.74, 6) is -0.456. The topological polar surface area (TPSA) is 55.8 Å². The molecule has 0 aliphatic heterocycles. The predicted octanol–water partition coefficient (Wildman–Crippen LogP) is 3.99. The zero-order valence-corrected chi connectivity index (χ0v) is 15.0. The molecule has 2 aromatic rings. The van der Waals surface area contributed by atoms with Crippen molar-refractivity contribution in [1.29, 1.82) is 0 Å². The number of aliphatic hydroxyl groups is 1. The molecule has 0 bridgehead atoms. The van der Waals surface area contributed by atoms with Crippen LogP contribution < -0.4 is 0 Å². The lowest BCUT2D eigenvalue weighted by atomic mass is 9.81. The van der Waals surface area contributed by atoms with Crippen molar-refractivity contribution >= 4 is 5.97 Å². The highest BCUT2D eigenvalue weighted by Crippen LogP contribution is 2.41. The molecule has 0 spiro atoms. The maximum Gasteiger partial charge on any atom is 0.309 e. The van der Waals surface area contributed by atoms with Crippen molar-refractivity contribution in [1.82, 2.24) is 0 Å². The molecule has 0 radical (unpaired) electrons. The van der Waals surface area contributed by atoms with Crippen molar-refractivity contribution in [3.8, 4) is 0 Å². The maximum atomic E-state index is 12.2. The molecule has 0 unspecified atom stereocenters. The van der Waals surface area contributed by atoms with Crippen molar-refractivity contribution in [3.05, 3.63) is 71.8 Å². The van der Waals surface area contributed by atoms with E-state index in [1.807, 2.05) is 62.4 Å². The van der Waals surface area contributed by atoms with E-state index in [-0.39, 0.29) is 19.1 Å². The van der Waals surface area contributed by atoms with Gasteiger partial charge in [-0.1, -0.05) is 60.7 Å². The molecule has 0 aliphatic carbocycles. The van der Waals surface area contributed by atoms with Gasteiger partial charge in [-0.25, -0.2) is 0 Å². The summed E-state index contributed by atoms with van der Waals surface area (Å²) in [6.07, 6.45) is -1.000. The molecule has 2 rings (SSSR count). The summed E-state index contributed by atoms with van der Waals surface area (Å²) in [5.41, 5.74) is -0.0940. The molecule has 0 aromatic heterocycles. The van der Waals surface area contributed by atoms with Crippen LogP contribution in [0.15, 0.2) is 60.7 Å². The van der Waals surface area contributed by atoms with E-state index in [0.717, 1.165) is 5.56 Å². The fourth-order valence-corrected chi connectivity index (χ4v) is 2.87. The Balaban J connectivity index is 2.51. The summed E-state index contributed by atoms with van der Waals surface area (Å²) >= 11 is 0. The molecule has 0 fully saturated rings. The first kappa shape index (κ1) is 19.2. The molecule has 25 heavy (non-hydrogen) atoms. The lowest BCUT2D eigenvalue weighted by Crippen LogP contribution is -2.39. The standard InChI is InChI=1S/C21H26O4/c1-4-24-19(22)15-21(23,18-13-9-6-10-14-18)20(25-16(2)3)17-11-7-5-8-12-17/h5-14,16,20,23H,4,15H2,1-3H3/t20-,21-/m1/s1. The van der Waals surface area contributed by atoms with Crippen LogP contribution in [-0.2, 0) is 19.9 Å². The average Bonchev–Trinajstić information content (AvgIpc) is 2.61. The molecule has 0 saturated heterocycles. The van der Waals surface area contributed by atoms with Gasteiger partial charge < -0.3 is 14.6 Å². The molecule has 2 atom stereocenters. The molecule has 2 aromatic carbocycles. The van der Waals surface area contributed by atoms with Crippen LogP contribution in [0.25, 0.3) is 0 Å². The Morgan fingerprint density at radius 2 is 1.60 bits per heavy atom. The first-order chi connectivity index (χ1) is 12.0. The highest BCUT2D eigenvalue weighted by Gasteiger charge is 2.43. The first-order valence-electron chi connectivity index (χ1n) is 8.61. The quantitative estimate of drug-likeness (QED) is 0.737. The summed E-state index contributed by atoms with van der Waals surface area (Å²) in [6.45, 7) is 5.83. The summed E-state index contributed by atoms with van der Waals surface area (Å²) in [7, 11) is 0. The number of ether oxygens (including phenoxy) is 2. The van der Waals surface area contributed by atoms with Gasteiger partial charge in [0.05, 0.1) is 19.1 Å². The van der Waals surface area contributed by atoms with E-state index in [0.29, 0.717) is 5.56 Å². The Bertz CT molecular complexity index is 654. The third kappa shape index (κ3) is 4.91. The minimum absolute atomic E-state index is 0.123. The van der Waals surface area contributed by atoms with Gasteiger partial charge in [-0.3, -0.25) is 4.79 Å². The molecule has 0 amide bonds. The number of benzene rings is 2. The zero-order chi connectivity index (χ0) is 18.3. The molecular formula is C21H26O4. The van der Waals surface area contributed by atoms with Crippen LogP contribution in [0.5, 0.6) is 0 Å². The molecular weight excluding hydrogens is 316 g/mol. The number of carbonyl (C=O) groups is 1. The Kier molecular flexibility index (Phi) is 6.73. The molecule has 0 aliphatic rings. The van der Waals surface area contributed by atoms with Crippen LogP contribution >= 0.6 is 0 Å². The van der Waals surface area contributed by atoms with Crippen LogP contribution in [-0.4, -0.2) is 23.8 Å². The van der Waals surface area contributed by atoms with Crippen molar-refractivity contribution in [2.45, 2.75) is 45.0 Å². The van der Waals surface area contributed by atoms with Crippen molar-refractivity contribution < 1.29 is 19.4 Å². The molecule has 0 saturated carbocycles. The highest BCUT2D eigenvalue weighted by molar-refractivity contribution is 5.71. The number of hydrogen-bond donors (Lipinski definition) is 1. The summed E-state index contributed by atoms with van der Waals surface area (Å²) in [4.78, 5) is 12.2. The zero-order valence-electron chi connectivity index (χ0n) is 15.0. The van der Waals surface area contributed by atoms with Crippen molar-refractivity contribution in [3.63, 3.8) is 0 Å². The van der Waals surface area contributed by atoms with Gasteiger partial charge in [-0.05, 0) is 31.9 Å². The average molecular weight is 342 g/mol. The van der Waals surface area contributed by atoms with Gasteiger partial charge in [0.15, 0.2) is 0 Å².